The SMILES string of the molecule is COc1cc2oc(=O)cc(CN3CCCCCCC3)c2cc1Cl. The van der Waals surface area contributed by atoms with E-state index in [1.54, 1.807) is 19.2 Å². The van der Waals surface area contributed by atoms with Crippen LogP contribution in [0.3, 0.4) is 0 Å². The second-order valence-corrected chi connectivity index (χ2v) is 6.52. The Labute approximate surface area is 141 Å². The minimum atomic E-state index is -0.330. The molecule has 1 aromatic carbocycles. The Morgan fingerprint density at radius 1 is 1.13 bits per heavy atom. The molecule has 1 aliphatic heterocycles. The summed E-state index contributed by atoms with van der Waals surface area (Å²) in [6.07, 6.45) is 6.34. The fraction of sp³-hybridized carbons (Fsp3) is 0.500. The summed E-state index contributed by atoms with van der Waals surface area (Å²) in [6, 6.07) is 5.11. The van der Waals surface area contributed by atoms with Crippen LogP contribution in [0.25, 0.3) is 11.0 Å². The summed E-state index contributed by atoms with van der Waals surface area (Å²) in [6.45, 7) is 2.90. The molecule has 0 aliphatic carbocycles. The smallest absolute Gasteiger partial charge is 0.336 e. The van der Waals surface area contributed by atoms with Crippen LogP contribution in [0.2, 0.25) is 5.02 Å². The number of ether oxygens (including phenoxy) is 1. The first kappa shape index (κ1) is 16.3. The van der Waals surface area contributed by atoms with Crippen molar-refractivity contribution in [1.29, 1.82) is 0 Å². The molecule has 1 fully saturated rings. The quantitative estimate of drug-likeness (QED) is 0.787. The minimum Gasteiger partial charge on any atom is -0.495 e. The van der Waals surface area contributed by atoms with Crippen molar-refractivity contribution in [2.75, 3.05) is 20.2 Å². The van der Waals surface area contributed by atoms with Crippen molar-refractivity contribution in [3.63, 3.8) is 0 Å². The maximum absolute atomic E-state index is 11.9. The van der Waals surface area contributed by atoms with E-state index in [2.05, 4.69) is 4.90 Å². The molecule has 0 spiro atoms. The number of hydrogen-bond acceptors (Lipinski definition) is 4. The number of benzene rings is 1. The molecular formula is C18H22ClNO3. The number of nitrogens with zero attached hydrogens (tertiary/aromatic N) is 1. The van der Waals surface area contributed by atoms with Crippen molar-refractivity contribution < 1.29 is 9.15 Å². The lowest BCUT2D eigenvalue weighted by Gasteiger charge is -2.24. The number of rotatable bonds is 3. The summed E-state index contributed by atoms with van der Waals surface area (Å²) in [4.78, 5) is 14.3. The Morgan fingerprint density at radius 2 is 1.83 bits per heavy atom. The van der Waals surface area contributed by atoms with E-state index >= 15 is 0 Å². The van der Waals surface area contributed by atoms with E-state index in [1.165, 1.54) is 32.1 Å². The predicted molar refractivity (Wildman–Crippen MR) is 92.4 cm³/mol. The van der Waals surface area contributed by atoms with Gasteiger partial charge >= 0.3 is 5.63 Å². The Morgan fingerprint density at radius 3 is 2.52 bits per heavy atom. The highest BCUT2D eigenvalue weighted by Gasteiger charge is 2.14. The van der Waals surface area contributed by atoms with Gasteiger partial charge in [-0.25, -0.2) is 4.79 Å². The third kappa shape index (κ3) is 3.88. The fourth-order valence-electron chi connectivity index (χ4n) is 3.23. The van der Waals surface area contributed by atoms with Gasteiger partial charge in [-0.3, -0.25) is 4.90 Å². The first-order chi connectivity index (χ1) is 11.2. The van der Waals surface area contributed by atoms with Crippen LogP contribution in [0.4, 0.5) is 0 Å². The van der Waals surface area contributed by atoms with Crippen molar-refractivity contribution in [2.24, 2.45) is 0 Å². The molecule has 4 nitrogen and oxygen atoms in total. The third-order valence-corrected chi connectivity index (χ3v) is 4.74. The van der Waals surface area contributed by atoms with Crippen LogP contribution >= 0.6 is 11.6 Å². The highest BCUT2D eigenvalue weighted by atomic mass is 35.5. The number of methoxy groups -OCH3 is 1. The molecule has 1 aliphatic rings. The highest BCUT2D eigenvalue weighted by Crippen LogP contribution is 2.31. The standard InChI is InChI=1S/C18H22ClNO3/c1-22-17-11-16-14(10-15(17)19)13(9-18(21)23-16)12-20-7-5-3-2-4-6-8-20/h9-11H,2-8,12H2,1H3. The third-order valence-electron chi connectivity index (χ3n) is 4.45. The van der Waals surface area contributed by atoms with Crippen molar-refractivity contribution in [3.05, 3.63) is 39.2 Å². The summed E-state index contributed by atoms with van der Waals surface area (Å²) in [5.74, 6) is 0.519. The molecule has 23 heavy (non-hydrogen) atoms. The second kappa shape index (κ2) is 7.37. The first-order valence-corrected chi connectivity index (χ1v) is 8.58. The highest BCUT2D eigenvalue weighted by molar-refractivity contribution is 6.32. The Balaban J connectivity index is 1.95. The van der Waals surface area contributed by atoms with E-state index in [4.69, 9.17) is 20.8 Å². The van der Waals surface area contributed by atoms with Crippen LogP contribution < -0.4 is 10.4 Å². The number of likely N-dealkylation sites (tertiary alicyclic amines) is 1. The van der Waals surface area contributed by atoms with Crippen LogP contribution in [0, 0.1) is 0 Å². The average molecular weight is 336 g/mol. The van der Waals surface area contributed by atoms with Gasteiger partial charge in [0.1, 0.15) is 11.3 Å². The van der Waals surface area contributed by atoms with Crippen molar-refractivity contribution in [1.82, 2.24) is 4.90 Å². The van der Waals surface area contributed by atoms with Gasteiger partial charge in [0.2, 0.25) is 0 Å². The maximum atomic E-state index is 11.9. The lowest BCUT2D eigenvalue weighted by Crippen LogP contribution is -2.27. The molecule has 2 aromatic rings. The molecule has 124 valence electrons. The zero-order valence-electron chi connectivity index (χ0n) is 13.4. The fourth-order valence-corrected chi connectivity index (χ4v) is 3.47. The van der Waals surface area contributed by atoms with Crippen LogP contribution in [-0.4, -0.2) is 25.1 Å². The van der Waals surface area contributed by atoms with Crippen LogP contribution in [0.1, 0.15) is 37.7 Å². The molecule has 0 radical (unpaired) electrons. The van der Waals surface area contributed by atoms with Gasteiger partial charge in [0, 0.05) is 24.1 Å². The van der Waals surface area contributed by atoms with Crippen molar-refractivity contribution in [3.8, 4) is 5.75 Å². The maximum Gasteiger partial charge on any atom is 0.336 e. The second-order valence-electron chi connectivity index (χ2n) is 6.12. The Bertz CT molecular complexity index is 733. The number of fused-ring (bicyclic) bond motifs is 1. The summed E-state index contributed by atoms with van der Waals surface area (Å²) < 4.78 is 10.5. The summed E-state index contributed by atoms with van der Waals surface area (Å²) in [5, 5.41) is 1.42. The molecule has 0 amide bonds. The molecular weight excluding hydrogens is 314 g/mol. The molecule has 0 bridgehead atoms. The van der Waals surface area contributed by atoms with Gasteiger partial charge in [-0.1, -0.05) is 30.9 Å². The largest absolute Gasteiger partial charge is 0.495 e. The zero-order valence-corrected chi connectivity index (χ0v) is 14.2. The Kier molecular flexibility index (Phi) is 5.23. The van der Waals surface area contributed by atoms with E-state index in [9.17, 15) is 4.79 Å². The van der Waals surface area contributed by atoms with E-state index in [0.717, 1.165) is 30.6 Å². The van der Waals surface area contributed by atoms with Crippen LogP contribution in [0.15, 0.2) is 27.4 Å². The van der Waals surface area contributed by atoms with Crippen molar-refractivity contribution >= 4 is 22.6 Å². The van der Waals surface area contributed by atoms with E-state index < -0.39 is 0 Å². The normalized spacial score (nSPS) is 17.0. The summed E-state index contributed by atoms with van der Waals surface area (Å²) in [5.41, 5.74) is 1.17. The molecule has 3 rings (SSSR count). The molecule has 1 saturated heterocycles. The van der Waals surface area contributed by atoms with Gasteiger partial charge in [0.25, 0.3) is 0 Å². The van der Waals surface area contributed by atoms with E-state index in [1.807, 2.05) is 6.07 Å². The number of hydrogen-bond donors (Lipinski definition) is 0. The first-order valence-electron chi connectivity index (χ1n) is 8.20. The molecule has 2 heterocycles. The summed E-state index contributed by atoms with van der Waals surface area (Å²) in [7, 11) is 1.55. The average Bonchev–Trinajstić information content (AvgIpc) is 2.49. The lowest BCUT2D eigenvalue weighted by molar-refractivity contribution is 0.240. The predicted octanol–water partition coefficient (Wildman–Crippen LogP) is 4.22. The van der Waals surface area contributed by atoms with Crippen LogP contribution in [-0.2, 0) is 6.54 Å². The van der Waals surface area contributed by atoms with Crippen molar-refractivity contribution in [2.45, 2.75) is 38.6 Å². The van der Waals surface area contributed by atoms with Gasteiger partial charge in [0.15, 0.2) is 0 Å². The van der Waals surface area contributed by atoms with Gasteiger partial charge in [-0.05, 0) is 37.6 Å². The molecule has 1 aromatic heterocycles. The van der Waals surface area contributed by atoms with Gasteiger partial charge < -0.3 is 9.15 Å². The number of halogens is 1. The molecule has 0 unspecified atom stereocenters. The van der Waals surface area contributed by atoms with E-state index in [-0.39, 0.29) is 5.63 Å². The van der Waals surface area contributed by atoms with Crippen LogP contribution in [0.5, 0.6) is 5.75 Å². The van der Waals surface area contributed by atoms with E-state index in [0.29, 0.717) is 16.4 Å². The molecule has 0 N–H and O–H groups in total. The minimum absolute atomic E-state index is 0.330. The van der Waals surface area contributed by atoms with Gasteiger partial charge in [-0.2, -0.15) is 0 Å². The topological polar surface area (TPSA) is 42.7 Å². The molecule has 0 atom stereocenters. The van der Waals surface area contributed by atoms with Gasteiger partial charge in [0.05, 0.1) is 12.1 Å². The lowest BCUT2D eigenvalue weighted by atomic mass is 10.1. The Hall–Kier alpha value is -1.52. The van der Waals surface area contributed by atoms with Gasteiger partial charge in [-0.15, -0.1) is 0 Å². The molecule has 5 heteroatoms. The monoisotopic (exact) mass is 335 g/mol. The summed E-state index contributed by atoms with van der Waals surface area (Å²) >= 11 is 6.25. The zero-order chi connectivity index (χ0) is 16.2. The molecule has 0 saturated carbocycles.